The highest BCUT2D eigenvalue weighted by Gasteiger charge is 2.33. The number of nitrogens with zero attached hydrogens (tertiary/aromatic N) is 4. The minimum atomic E-state index is -4.47. The number of alkyl halides is 3. The van der Waals surface area contributed by atoms with Crippen molar-refractivity contribution in [2.75, 3.05) is 0 Å². The molecule has 5 nitrogen and oxygen atoms in total. The van der Waals surface area contributed by atoms with Crippen LogP contribution in [0.3, 0.4) is 0 Å². The van der Waals surface area contributed by atoms with Crippen LogP contribution in [-0.4, -0.2) is 19.1 Å². The lowest BCUT2D eigenvalue weighted by Crippen LogP contribution is -2.25. The summed E-state index contributed by atoms with van der Waals surface area (Å²) >= 11 is 0. The Bertz CT molecular complexity index is 911. The van der Waals surface area contributed by atoms with Gasteiger partial charge >= 0.3 is 11.9 Å². The van der Waals surface area contributed by atoms with Crippen LogP contribution in [0.15, 0.2) is 41.6 Å². The largest absolute Gasteiger partial charge is 0.416 e. The van der Waals surface area contributed by atoms with Gasteiger partial charge in [0.15, 0.2) is 5.65 Å². The summed E-state index contributed by atoms with van der Waals surface area (Å²) in [6.07, 6.45) is -1.73. The van der Waals surface area contributed by atoms with Gasteiger partial charge in [0, 0.05) is 6.54 Å². The Kier molecular flexibility index (Phi) is 3.67. The lowest BCUT2D eigenvalue weighted by Gasteiger charge is -2.12. The summed E-state index contributed by atoms with van der Waals surface area (Å²) in [6, 6.07) is 5.22. The first-order valence-corrected chi connectivity index (χ1v) is 6.97. The first kappa shape index (κ1) is 15.3. The summed E-state index contributed by atoms with van der Waals surface area (Å²) < 4.78 is 42.0. The molecule has 0 saturated carbocycles. The van der Waals surface area contributed by atoms with Crippen molar-refractivity contribution in [3.8, 4) is 0 Å². The fraction of sp³-hybridized carbons (Fsp3) is 0.267. The molecule has 0 unspecified atom stereocenters. The second-order valence-corrected chi connectivity index (χ2v) is 5.00. The van der Waals surface area contributed by atoms with Crippen molar-refractivity contribution in [2.24, 2.45) is 0 Å². The maximum Gasteiger partial charge on any atom is 0.416 e. The van der Waals surface area contributed by atoms with Crippen LogP contribution in [0.5, 0.6) is 0 Å². The van der Waals surface area contributed by atoms with Gasteiger partial charge in [0.1, 0.15) is 11.8 Å². The minimum absolute atomic E-state index is 0.0288. The van der Waals surface area contributed by atoms with Crippen LogP contribution in [-0.2, 0) is 19.3 Å². The molecule has 120 valence electrons. The van der Waals surface area contributed by atoms with Crippen molar-refractivity contribution in [2.45, 2.75) is 26.2 Å². The summed E-state index contributed by atoms with van der Waals surface area (Å²) in [4.78, 5) is 20.4. The normalized spacial score (nSPS) is 12.0. The fourth-order valence-corrected chi connectivity index (χ4v) is 2.60. The van der Waals surface area contributed by atoms with Crippen molar-refractivity contribution in [1.29, 1.82) is 0 Å². The van der Waals surface area contributed by atoms with Crippen molar-refractivity contribution in [3.63, 3.8) is 0 Å². The fourth-order valence-electron chi connectivity index (χ4n) is 2.60. The molecule has 2 aromatic heterocycles. The van der Waals surface area contributed by atoms with Crippen LogP contribution < -0.4 is 5.69 Å². The lowest BCUT2D eigenvalue weighted by atomic mass is 10.1. The third-order valence-electron chi connectivity index (χ3n) is 3.65. The Hall–Kier alpha value is -2.64. The summed E-state index contributed by atoms with van der Waals surface area (Å²) in [6.45, 7) is 1.96. The second kappa shape index (κ2) is 5.53. The molecule has 0 radical (unpaired) electrons. The Morgan fingerprint density at radius 2 is 1.91 bits per heavy atom. The maximum absolute atomic E-state index is 13.1. The van der Waals surface area contributed by atoms with Crippen LogP contribution >= 0.6 is 0 Å². The number of fused-ring (bicyclic) bond motifs is 1. The van der Waals surface area contributed by atoms with Gasteiger partial charge in [-0.25, -0.2) is 14.8 Å². The molecule has 23 heavy (non-hydrogen) atoms. The molecule has 0 bridgehead atoms. The van der Waals surface area contributed by atoms with Crippen molar-refractivity contribution >= 4 is 11.2 Å². The smallest absolute Gasteiger partial charge is 0.284 e. The Labute approximate surface area is 129 Å². The third kappa shape index (κ3) is 2.60. The van der Waals surface area contributed by atoms with Gasteiger partial charge in [-0.3, -0.25) is 9.13 Å². The average Bonchev–Trinajstić information content (AvgIpc) is 2.79. The van der Waals surface area contributed by atoms with Crippen molar-refractivity contribution in [3.05, 3.63) is 58.4 Å². The zero-order chi connectivity index (χ0) is 16.6. The predicted molar refractivity (Wildman–Crippen MR) is 78.0 cm³/mol. The van der Waals surface area contributed by atoms with Gasteiger partial charge < -0.3 is 0 Å². The molecule has 0 spiro atoms. The molecule has 0 N–H and O–H groups in total. The van der Waals surface area contributed by atoms with E-state index in [0.717, 1.165) is 6.07 Å². The number of aryl methyl sites for hydroxylation is 1. The first-order chi connectivity index (χ1) is 10.9. The van der Waals surface area contributed by atoms with Gasteiger partial charge in [-0.2, -0.15) is 13.2 Å². The predicted octanol–water partition coefficient (Wildman–Crippen LogP) is 2.68. The van der Waals surface area contributed by atoms with Gasteiger partial charge in [-0.15, -0.1) is 0 Å². The van der Waals surface area contributed by atoms with Crippen LogP contribution in [0.1, 0.15) is 18.1 Å². The Balaban J connectivity index is 2.18. The molecule has 0 aliphatic rings. The maximum atomic E-state index is 13.1. The minimum Gasteiger partial charge on any atom is -0.284 e. The number of imidazole rings is 1. The Morgan fingerprint density at radius 3 is 2.61 bits per heavy atom. The molecular weight excluding hydrogens is 309 g/mol. The number of hydrogen-bond donors (Lipinski definition) is 0. The number of hydrogen-bond acceptors (Lipinski definition) is 3. The highest BCUT2D eigenvalue weighted by atomic mass is 19.4. The second-order valence-electron chi connectivity index (χ2n) is 5.00. The molecule has 0 aliphatic heterocycles. The number of rotatable bonds is 3. The quantitative estimate of drug-likeness (QED) is 0.745. The molecular formula is C15H13F3N4O. The van der Waals surface area contributed by atoms with E-state index in [4.69, 9.17) is 0 Å². The summed E-state index contributed by atoms with van der Waals surface area (Å²) in [7, 11) is 0. The van der Waals surface area contributed by atoms with Crippen LogP contribution in [0.25, 0.3) is 11.2 Å². The van der Waals surface area contributed by atoms with E-state index in [-0.39, 0.29) is 12.1 Å². The zero-order valence-electron chi connectivity index (χ0n) is 12.2. The molecule has 3 aromatic rings. The van der Waals surface area contributed by atoms with E-state index in [9.17, 15) is 18.0 Å². The van der Waals surface area contributed by atoms with Gasteiger partial charge in [0.2, 0.25) is 0 Å². The van der Waals surface area contributed by atoms with Gasteiger partial charge in [0.05, 0.1) is 18.3 Å². The molecule has 0 aliphatic carbocycles. The average molecular weight is 322 g/mol. The topological polar surface area (TPSA) is 52.7 Å². The summed E-state index contributed by atoms with van der Waals surface area (Å²) in [5.41, 5.74) is -0.296. The van der Waals surface area contributed by atoms with Gasteiger partial charge in [0.25, 0.3) is 0 Å². The monoisotopic (exact) mass is 322 g/mol. The molecule has 8 heteroatoms. The number of halogens is 3. The summed E-state index contributed by atoms with van der Waals surface area (Å²) in [5.74, 6) is 0. The highest BCUT2D eigenvalue weighted by Crippen LogP contribution is 2.32. The van der Waals surface area contributed by atoms with Gasteiger partial charge in [-0.1, -0.05) is 18.2 Å². The Morgan fingerprint density at radius 1 is 1.17 bits per heavy atom. The number of aromatic nitrogens is 4. The molecule has 0 fully saturated rings. The van der Waals surface area contributed by atoms with E-state index >= 15 is 0 Å². The molecule has 0 atom stereocenters. The van der Waals surface area contributed by atoms with Crippen molar-refractivity contribution < 1.29 is 13.2 Å². The van der Waals surface area contributed by atoms with Crippen LogP contribution in [0, 0.1) is 0 Å². The van der Waals surface area contributed by atoms with E-state index in [2.05, 4.69) is 9.97 Å². The third-order valence-corrected chi connectivity index (χ3v) is 3.65. The van der Waals surface area contributed by atoms with Crippen LogP contribution in [0.2, 0.25) is 0 Å². The van der Waals surface area contributed by atoms with E-state index < -0.39 is 17.4 Å². The van der Waals surface area contributed by atoms with Crippen molar-refractivity contribution in [1.82, 2.24) is 19.1 Å². The van der Waals surface area contributed by atoms with E-state index in [0.29, 0.717) is 17.7 Å². The molecule has 0 saturated heterocycles. The van der Waals surface area contributed by atoms with E-state index in [1.165, 1.54) is 39.9 Å². The molecule has 1 aromatic carbocycles. The van der Waals surface area contributed by atoms with Crippen LogP contribution in [0.4, 0.5) is 13.2 Å². The highest BCUT2D eigenvalue weighted by molar-refractivity contribution is 5.70. The summed E-state index contributed by atoms with van der Waals surface area (Å²) in [5, 5.41) is 0. The van der Waals surface area contributed by atoms with E-state index in [1.807, 2.05) is 0 Å². The molecule has 3 rings (SSSR count). The van der Waals surface area contributed by atoms with E-state index in [1.54, 1.807) is 6.92 Å². The number of benzene rings is 1. The lowest BCUT2D eigenvalue weighted by molar-refractivity contribution is -0.138. The SMILES string of the molecule is CCn1c(=O)n(Cc2ccccc2C(F)(F)F)c2cncnc21. The first-order valence-electron chi connectivity index (χ1n) is 6.97. The molecule has 0 amide bonds. The standard InChI is InChI=1S/C15H13F3N4O/c1-2-21-13-12(7-19-9-20-13)22(14(21)23)8-10-5-3-4-6-11(10)15(16,17)18/h3-7,9H,2,8H2,1H3. The molecule has 2 heterocycles. The van der Waals surface area contributed by atoms with Gasteiger partial charge in [-0.05, 0) is 18.6 Å². The zero-order valence-corrected chi connectivity index (χ0v) is 12.2.